The summed E-state index contributed by atoms with van der Waals surface area (Å²) < 4.78 is 14.5. The van der Waals surface area contributed by atoms with Crippen LogP contribution in [0.5, 0.6) is 0 Å². The number of fused-ring (bicyclic) bond motifs is 1. The first kappa shape index (κ1) is 14.2. The van der Waals surface area contributed by atoms with Crippen molar-refractivity contribution in [1.29, 1.82) is 0 Å². The lowest BCUT2D eigenvalue weighted by molar-refractivity contribution is 0.0939. The van der Waals surface area contributed by atoms with Gasteiger partial charge in [-0.1, -0.05) is 12.1 Å². The summed E-state index contributed by atoms with van der Waals surface area (Å²) in [6.45, 7) is 3.71. The molecule has 0 saturated heterocycles. The van der Waals surface area contributed by atoms with Gasteiger partial charge in [0, 0.05) is 18.5 Å². The van der Waals surface area contributed by atoms with Crippen molar-refractivity contribution in [3.8, 4) is 0 Å². The van der Waals surface area contributed by atoms with Crippen LogP contribution in [0.15, 0.2) is 42.7 Å². The summed E-state index contributed by atoms with van der Waals surface area (Å²) in [6.07, 6.45) is 3.16. The number of carbonyl (C=O) groups is 1. The second kappa shape index (κ2) is 5.55. The number of benzene rings is 1. The quantitative estimate of drug-likeness (QED) is 0.808. The van der Waals surface area contributed by atoms with Gasteiger partial charge in [-0.3, -0.25) is 4.79 Å². The first-order chi connectivity index (χ1) is 10.5. The summed E-state index contributed by atoms with van der Waals surface area (Å²) in [7, 11) is 0. The van der Waals surface area contributed by atoms with Crippen LogP contribution in [-0.4, -0.2) is 20.5 Å². The fraction of sp³-hybridized carbons (Fsp3) is 0.188. The molecule has 112 valence electrons. The van der Waals surface area contributed by atoms with E-state index < -0.39 is 0 Å². The molecule has 0 aliphatic carbocycles. The molecule has 1 unspecified atom stereocenters. The third kappa shape index (κ3) is 2.81. The summed E-state index contributed by atoms with van der Waals surface area (Å²) >= 11 is 0. The summed E-state index contributed by atoms with van der Waals surface area (Å²) in [6, 6.07) is 7.65. The molecule has 2 aromatic heterocycles. The van der Waals surface area contributed by atoms with Gasteiger partial charge < -0.3 is 5.32 Å². The maximum atomic E-state index is 12.9. The van der Waals surface area contributed by atoms with Crippen molar-refractivity contribution < 1.29 is 9.18 Å². The molecule has 0 aliphatic rings. The molecule has 3 rings (SSSR count). The van der Waals surface area contributed by atoms with Crippen LogP contribution in [-0.2, 0) is 0 Å². The molecule has 0 bridgehead atoms. The highest BCUT2D eigenvalue weighted by Crippen LogP contribution is 2.14. The molecule has 0 spiro atoms. The molecular formula is C16H15FN4O. The van der Waals surface area contributed by atoms with Gasteiger partial charge in [0.05, 0.1) is 17.3 Å². The average molecular weight is 298 g/mol. The van der Waals surface area contributed by atoms with Crippen LogP contribution in [0, 0.1) is 12.7 Å². The van der Waals surface area contributed by atoms with E-state index in [2.05, 4.69) is 15.4 Å². The molecule has 0 radical (unpaired) electrons. The zero-order chi connectivity index (χ0) is 15.7. The number of hydrogen-bond acceptors (Lipinski definition) is 3. The minimum absolute atomic E-state index is 0.233. The van der Waals surface area contributed by atoms with Crippen LogP contribution in [0.1, 0.15) is 34.6 Å². The predicted molar refractivity (Wildman–Crippen MR) is 80.0 cm³/mol. The molecular weight excluding hydrogens is 283 g/mol. The summed E-state index contributed by atoms with van der Waals surface area (Å²) in [5.74, 6) is -0.551. The Balaban J connectivity index is 1.78. The summed E-state index contributed by atoms with van der Waals surface area (Å²) in [5.41, 5.74) is 2.79. The fourth-order valence-electron chi connectivity index (χ4n) is 2.23. The Morgan fingerprint density at radius 1 is 1.32 bits per heavy atom. The van der Waals surface area contributed by atoms with E-state index in [-0.39, 0.29) is 17.8 Å². The third-order valence-electron chi connectivity index (χ3n) is 3.42. The molecule has 0 fully saturated rings. The molecule has 1 N–H and O–H groups in total. The lowest BCUT2D eigenvalue weighted by Crippen LogP contribution is -2.27. The van der Waals surface area contributed by atoms with Crippen LogP contribution >= 0.6 is 0 Å². The molecule has 6 heteroatoms. The Morgan fingerprint density at radius 2 is 2.05 bits per heavy atom. The highest BCUT2D eigenvalue weighted by Gasteiger charge is 2.13. The van der Waals surface area contributed by atoms with Crippen LogP contribution in [0.3, 0.4) is 0 Å². The minimum Gasteiger partial charge on any atom is -0.345 e. The van der Waals surface area contributed by atoms with Crippen molar-refractivity contribution >= 4 is 11.6 Å². The highest BCUT2D eigenvalue weighted by atomic mass is 19.1. The predicted octanol–water partition coefficient (Wildman–Crippen LogP) is 2.67. The normalized spacial score (nSPS) is 12.3. The van der Waals surface area contributed by atoms with E-state index in [0.29, 0.717) is 11.2 Å². The van der Waals surface area contributed by atoms with Crippen LogP contribution in [0.25, 0.3) is 5.65 Å². The second-order valence-electron chi connectivity index (χ2n) is 5.18. The van der Waals surface area contributed by atoms with E-state index in [1.54, 1.807) is 22.8 Å². The molecule has 3 aromatic rings. The number of halogens is 1. The number of aryl methyl sites for hydroxylation is 1. The van der Waals surface area contributed by atoms with Crippen LogP contribution < -0.4 is 5.32 Å². The van der Waals surface area contributed by atoms with E-state index in [9.17, 15) is 9.18 Å². The van der Waals surface area contributed by atoms with E-state index >= 15 is 0 Å². The van der Waals surface area contributed by atoms with Crippen molar-refractivity contribution in [3.63, 3.8) is 0 Å². The van der Waals surface area contributed by atoms with Crippen LogP contribution in [0.4, 0.5) is 4.39 Å². The topological polar surface area (TPSA) is 59.3 Å². The SMILES string of the molecule is Cc1cc2ncc(C(=O)NC(C)c3ccc(F)cc3)cn2n1. The number of rotatable bonds is 3. The van der Waals surface area contributed by atoms with Gasteiger partial charge in [-0.15, -0.1) is 0 Å². The molecule has 22 heavy (non-hydrogen) atoms. The Kier molecular flexibility index (Phi) is 3.58. The lowest BCUT2D eigenvalue weighted by Gasteiger charge is -2.14. The van der Waals surface area contributed by atoms with Crippen LogP contribution in [0.2, 0.25) is 0 Å². The smallest absolute Gasteiger partial charge is 0.254 e. The largest absolute Gasteiger partial charge is 0.345 e. The number of hydrogen-bond donors (Lipinski definition) is 1. The van der Waals surface area contributed by atoms with Gasteiger partial charge in [0.25, 0.3) is 5.91 Å². The van der Waals surface area contributed by atoms with Gasteiger partial charge >= 0.3 is 0 Å². The molecule has 0 aliphatic heterocycles. The van der Waals surface area contributed by atoms with Crippen molar-refractivity contribution in [1.82, 2.24) is 19.9 Å². The van der Waals surface area contributed by atoms with Crippen molar-refractivity contribution in [3.05, 3.63) is 65.4 Å². The zero-order valence-corrected chi connectivity index (χ0v) is 12.2. The molecule has 1 amide bonds. The van der Waals surface area contributed by atoms with Gasteiger partial charge in [-0.25, -0.2) is 13.9 Å². The standard InChI is InChI=1S/C16H15FN4O/c1-10-7-15-18-8-13(9-21(15)20-10)16(22)19-11(2)12-3-5-14(17)6-4-12/h3-9,11H,1-2H3,(H,19,22). The molecule has 0 saturated carbocycles. The Morgan fingerprint density at radius 3 is 2.77 bits per heavy atom. The minimum atomic E-state index is -0.300. The fourth-order valence-corrected chi connectivity index (χ4v) is 2.23. The molecule has 1 atom stereocenters. The monoisotopic (exact) mass is 298 g/mol. The number of nitrogens with one attached hydrogen (secondary N) is 1. The van der Waals surface area contributed by atoms with Gasteiger partial charge in [-0.05, 0) is 31.5 Å². The molecule has 5 nitrogen and oxygen atoms in total. The average Bonchev–Trinajstić information content (AvgIpc) is 2.86. The Hall–Kier alpha value is -2.76. The number of amides is 1. The number of carbonyl (C=O) groups excluding carboxylic acids is 1. The maximum absolute atomic E-state index is 12.9. The first-order valence-corrected chi connectivity index (χ1v) is 6.91. The number of aromatic nitrogens is 3. The first-order valence-electron chi connectivity index (χ1n) is 6.91. The van der Waals surface area contributed by atoms with E-state index in [0.717, 1.165) is 11.3 Å². The Bertz CT molecular complexity index is 826. The van der Waals surface area contributed by atoms with E-state index in [1.165, 1.54) is 18.3 Å². The maximum Gasteiger partial charge on any atom is 0.254 e. The summed E-state index contributed by atoms with van der Waals surface area (Å²) in [5, 5.41) is 7.10. The summed E-state index contributed by atoms with van der Waals surface area (Å²) in [4.78, 5) is 16.5. The van der Waals surface area contributed by atoms with Crippen molar-refractivity contribution in [2.75, 3.05) is 0 Å². The van der Waals surface area contributed by atoms with Gasteiger partial charge in [-0.2, -0.15) is 5.10 Å². The van der Waals surface area contributed by atoms with E-state index in [1.807, 2.05) is 19.9 Å². The van der Waals surface area contributed by atoms with Gasteiger partial charge in [0.2, 0.25) is 0 Å². The van der Waals surface area contributed by atoms with Gasteiger partial charge in [0.1, 0.15) is 5.82 Å². The van der Waals surface area contributed by atoms with Gasteiger partial charge in [0.15, 0.2) is 5.65 Å². The Labute approximate surface area is 126 Å². The highest BCUT2D eigenvalue weighted by molar-refractivity contribution is 5.94. The van der Waals surface area contributed by atoms with Crippen molar-refractivity contribution in [2.45, 2.75) is 19.9 Å². The van der Waals surface area contributed by atoms with Crippen molar-refractivity contribution in [2.24, 2.45) is 0 Å². The zero-order valence-electron chi connectivity index (χ0n) is 12.2. The molecule has 2 heterocycles. The third-order valence-corrected chi connectivity index (χ3v) is 3.42. The number of nitrogens with zero attached hydrogens (tertiary/aromatic N) is 3. The second-order valence-corrected chi connectivity index (χ2v) is 5.18. The van der Waals surface area contributed by atoms with E-state index in [4.69, 9.17) is 0 Å². The molecule has 1 aromatic carbocycles. The lowest BCUT2D eigenvalue weighted by atomic mass is 10.1.